The Bertz CT molecular complexity index is 681. The van der Waals surface area contributed by atoms with Gasteiger partial charge in [-0.25, -0.2) is 0 Å². The van der Waals surface area contributed by atoms with Crippen LogP contribution in [0.25, 0.3) is 0 Å². The third kappa shape index (κ3) is 2.59. The SMILES string of the molecule is CC(=O)N1c2c(C)cccc2C(Nc2ccccc2)CC1C. The van der Waals surface area contributed by atoms with E-state index in [2.05, 4.69) is 49.5 Å². The molecule has 1 heterocycles. The van der Waals surface area contributed by atoms with E-state index in [1.165, 1.54) is 5.56 Å². The molecule has 1 N–H and O–H groups in total. The van der Waals surface area contributed by atoms with E-state index in [1.54, 1.807) is 6.92 Å². The smallest absolute Gasteiger partial charge is 0.224 e. The minimum Gasteiger partial charge on any atom is -0.378 e. The van der Waals surface area contributed by atoms with Crippen LogP contribution in [0.1, 0.15) is 37.4 Å². The van der Waals surface area contributed by atoms with Crippen molar-refractivity contribution >= 4 is 17.3 Å². The Balaban J connectivity index is 2.02. The zero-order valence-electron chi connectivity index (χ0n) is 13.3. The van der Waals surface area contributed by atoms with Crippen LogP contribution in [0.2, 0.25) is 0 Å². The van der Waals surface area contributed by atoms with Crippen molar-refractivity contribution < 1.29 is 4.79 Å². The van der Waals surface area contributed by atoms with Gasteiger partial charge in [-0.05, 0) is 43.5 Å². The molecule has 2 atom stereocenters. The van der Waals surface area contributed by atoms with Gasteiger partial charge >= 0.3 is 0 Å². The molecule has 3 nitrogen and oxygen atoms in total. The summed E-state index contributed by atoms with van der Waals surface area (Å²) < 4.78 is 0. The van der Waals surface area contributed by atoms with Gasteiger partial charge in [-0.15, -0.1) is 0 Å². The van der Waals surface area contributed by atoms with Gasteiger partial charge in [0.05, 0.1) is 11.7 Å². The molecule has 1 aliphatic heterocycles. The molecule has 0 spiro atoms. The molecule has 2 aromatic carbocycles. The Hall–Kier alpha value is -2.29. The van der Waals surface area contributed by atoms with Crippen molar-refractivity contribution in [2.45, 2.75) is 39.3 Å². The molecule has 0 aromatic heterocycles. The van der Waals surface area contributed by atoms with Crippen molar-refractivity contribution in [1.82, 2.24) is 0 Å². The summed E-state index contributed by atoms with van der Waals surface area (Å²) in [5.74, 6) is 0.112. The van der Waals surface area contributed by atoms with Crippen LogP contribution >= 0.6 is 0 Å². The molecule has 0 fully saturated rings. The summed E-state index contributed by atoms with van der Waals surface area (Å²) in [7, 11) is 0. The highest BCUT2D eigenvalue weighted by molar-refractivity contribution is 5.94. The Morgan fingerprint density at radius 3 is 2.55 bits per heavy atom. The normalized spacial score (nSPS) is 20.4. The Kier molecular flexibility index (Phi) is 3.88. The van der Waals surface area contributed by atoms with E-state index in [0.29, 0.717) is 0 Å². The number of para-hydroxylation sites is 2. The van der Waals surface area contributed by atoms with Crippen molar-refractivity contribution in [2.24, 2.45) is 0 Å². The first-order valence-corrected chi connectivity index (χ1v) is 7.79. The van der Waals surface area contributed by atoms with Crippen LogP contribution in [-0.2, 0) is 4.79 Å². The monoisotopic (exact) mass is 294 g/mol. The number of hydrogen-bond acceptors (Lipinski definition) is 2. The van der Waals surface area contributed by atoms with E-state index in [0.717, 1.165) is 23.4 Å². The molecular weight excluding hydrogens is 272 g/mol. The number of rotatable bonds is 2. The zero-order valence-corrected chi connectivity index (χ0v) is 13.3. The first kappa shape index (κ1) is 14.6. The van der Waals surface area contributed by atoms with E-state index >= 15 is 0 Å². The predicted octanol–water partition coefficient (Wildman–Crippen LogP) is 4.29. The minimum absolute atomic E-state index is 0.112. The number of amides is 1. The standard InChI is InChI=1S/C19H22N2O/c1-13-8-7-11-17-18(20-16-9-5-4-6-10-16)12-14(2)21(15(3)22)19(13)17/h4-11,14,18,20H,12H2,1-3H3. The fourth-order valence-electron chi connectivity index (χ4n) is 3.43. The first-order chi connectivity index (χ1) is 10.6. The molecule has 0 bridgehead atoms. The Morgan fingerprint density at radius 2 is 1.86 bits per heavy atom. The summed E-state index contributed by atoms with van der Waals surface area (Å²) in [6.07, 6.45) is 0.908. The fraction of sp³-hybridized carbons (Fsp3) is 0.316. The number of anilines is 2. The summed E-state index contributed by atoms with van der Waals surface area (Å²) in [5, 5.41) is 3.62. The van der Waals surface area contributed by atoms with E-state index in [9.17, 15) is 4.79 Å². The van der Waals surface area contributed by atoms with E-state index in [1.807, 2.05) is 23.1 Å². The van der Waals surface area contributed by atoms with E-state index < -0.39 is 0 Å². The van der Waals surface area contributed by atoms with Gasteiger partial charge in [0.25, 0.3) is 0 Å². The van der Waals surface area contributed by atoms with Crippen molar-refractivity contribution in [3.8, 4) is 0 Å². The summed E-state index contributed by atoms with van der Waals surface area (Å²) in [4.78, 5) is 14.0. The molecule has 2 aromatic rings. The van der Waals surface area contributed by atoms with Gasteiger partial charge in [0.15, 0.2) is 0 Å². The first-order valence-electron chi connectivity index (χ1n) is 7.79. The zero-order chi connectivity index (χ0) is 15.7. The lowest BCUT2D eigenvalue weighted by Gasteiger charge is -2.40. The summed E-state index contributed by atoms with van der Waals surface area (Å²) in [6, 6.07) is 16.9. The second-order valence-corrected chi connectivity index (χ2v) is 6.05. The second kappa shape index (κ2) is 5.84. The molecule has 0 saturated heterocycles. The van der Waals surface area contributed by atoms with Gasteiger partial charge < -0.3 is 10.2 Å². The molecule has 22 heavy (non-hydrogen) atoms. The number of aryl methyl sites for hydroxylation is 1. The predicted molar refractivity (Wildman–Crippen MR) is 91.2 cm³/mol. The van der Waals surface area contributed by atoms with Gasteiger partial charge in [0, 0.05) is 18.7 Å². The summed E-state index contributed by atoms with van der Waals surface area (Å²) >= 11 is 0. The molecule has 114 valence electrons. The lowest BCUT2D eigenvalue weighted by molar-refractivity contribution is -0.117. The number of nitrogens with one attached hydrogen (secondary N) is 1. The van der Waals surface area contributed by atoms with Crippen LogP contribution in [-0.4, -0.2) is 11.9 Å². The molecule has 0 saturated carbocycles. The van der Waals surface area contributed by atoms with E-state index in [4.69, 9.17) is 0 Å². The number of carbonyl (C=O) groups excluding carboxylic acids is 1. The van der Waals surface area contributed by atoms with Gasteiger partial charge in [0.1, 0.15) is 0 Å². The van der Waals surface area contributed by atoms with Crippen LogP contribution in [0.15, 0.2) is 48.5 Å². The van der Waals surface area contributed by atoms with Crippen LogP contribution in [0.3, 0.4) is 0 Å². The highest BCUT2D eigenvalue weighted by Crippen LogP contribution is 2.40. The highest BCUT2D eigenvalue weighted by atomic mass is 16.2. The molecule has 0 aliphatic carbocycles. The average molecular weight is 294 g/mol. The van der Waals surface area contributed by atoms with Gasteiger partial charge in [-0.3, -0.25) is 4.79 Å². The third-order valence-corrected chi connectivity index (χ3v) is 4.36. The second-order valence-electron chi connectivity index (χ2n) is 6.05. The largest absolute Gasteiger partial charge is 0.378 e. The van der Waals surface area contributed by atoms with Crippen LogP contribution in [0, 0.1) is 6.92 Å². The maximum atomic E-state index is 12.1. The maximum Gasteiger partial charge on any atom is 0.224 e. The Labute approximate surface area is 132 Å². The number of fused-ring (bicyclic) bond motifs is 1. The van der Waals surface area contributed by atoms with Crippen LogP contribution in [0.4, 0.5) is 11.4 Å². The quantitative estimate of drug-likeness (QED) is 0.896. The highest BCUT2D eigenvalue weighted by Gasteiger charge is 2.33. The van der Waals surface area contributed by atoms with Crippen molar-refractivity contribution in [3.63, 3.8) is 0 Å². The molecule has 0 radical (unpaired) electrons. The van der Waals surface area contributed by atoms with Gasteiger partial charge in [-0.1, -0.05) is 36.4 Å². The number of benzene rings is 2. The van der Waals surface area contributed by atoms with Crippen molar-refractivity contribution in [2.75, 3.05) is 10.2 Å². The van der Waals surface area contributed by atoms with Gasteiger partial charge in [-0.2, -0.15) is 0 Å². The van der Waals surface area contributed by atoms with Crippen molar-refractivity contribution in [3.05, 3.63) is 59.7 Å². The summed E-state index contributed by atoms with van der Waals surface area (Å²) in [6.45, 7) is 5.85. The minimum atomic E-state index is 0.112. The summed E-state index contributed by atoms with van der Waals surface area (Å²) in [5.41, 5.74) is 4.54. The van der Waals surface area contributed by atoms with Gasteiger partial charge in [0.2, 0.25) is 5.91 Å². The van der Waals surface area contributed by atoms with Crippen LogP contribution < -0.4 is 10.2 Å². The topological polar surface area (TPSA) is 32.3 Å². The van der Waals surface area contributed by atoms with E-state index in [-0.39, 0.29) is 18.0 Å². The molecule has 3 heteroatoms. The number of carbonyl (C=O) groups is 1. The molecule has 3 rings (SSSR count). The Morgan fingerprint density at radius 1 is 1.14 bits per heavy atom. The fourth-order valence-corrected chi connectivity index (χ4v) is 3.43. The lowest BCUT2D eigenvalue weighted by atomic mass is 9.89. The molecule has 2 unspecified atom stereocenters. The molecule has 1 aliphatic rings. The third-order valence-electron chi connectivity index (χ3n) is 4.36. The van der Waals surface area contributed by atoms with Crippen LogP contribution in [0.5, 0.6) is 0 Å². The molecule has 1 amide bonds. The lowest BCUT2D eigenvalue weighted by Crippen LogP contribution is -2.43. The number of nitrogens with zero attached hydrogens (tertiary/aromatic N) is 1. The van der Waals surface area contributed by atoms with Crippen molar-refractivity contribution in [1.29, 1.82) is 0 Å². The maximum absolute atomic E-state index is 12.1. The molecular formula is C19H22N2O. The number of hydrogen-bond donors (Lipinski definition) is 1. The average Bonchev–Trinajstić information content (AvgIpc) is 2.49.